The molecule has 0 bridgehead atoms. The van der Waals surface area contributed by atoms with Gasteiger partial charge < -0.3 is 10.5 Å². The van der Waals surface area contributed by atoms with Crippen LogP contribution in [0, 0.1) is 11.8 Å². The topological polar surface area (TPSA) is 52.3 Å². The minimum absolute atomic E-state index is 0.114. The van der Waals surface area contributed by atoms with E-state index in [-0.39, 0.29) is 12.4 Å². The maximum Gasteiger partial charge on any atom is 0.317 e. The van der Waals surface area contributed by atoms with E-state index in [0.717, 1.165) is 11.1 Å². The molecule has 0 spiro atoms. The molecule has 0 aliphatic carbocycles. The molecule has 3 heteroatoms. The van der Waals surface area contributed by atoms with E-state index in [1.54, 1.807) is 0 Å². The molecule has 15 heavy (non-hydrogen) atoms. The molecule has 3 nitrogen and oxygen atoms in total. The van der Waals surface area contributed by atoms with E-state index in [4.69, 9.17) is 5.73 Å². The number of hydrogen-bond acceptors (Lipinski definition) is 3. The summed E-state index contributed by atoms with van der Waals surface area (Å²) in [6.07, 6.45) is 0.114. The van der Waals surface area contributed by atoms with Gasteiger partial charge >= 0.3 is 5.97 Å². The average molecular weight is 203 g/mol. The van der Waals surface area contributed by atoms with Gasteiger partial charge in [-0.3, -0.25) is 4.79 Å². The molecule has 0 aliphatic heterocycles. The number of ether oxygens (including phenoxy) is 1. The minimum atomic E-state index is -0.322. The summed E-state index contributed by atoms with van der Waals surface area (Å²) in [5.41, 5.74) is 7.39. The van der Waals surface area contributed by atoms with Crippen LogP contribution in [0.5, 0.6) is 0 Å². The van der Waals surface area contributed by atoms with E-state index >= 15 is 0 Å². The predicted molar refractivity (Wildman–Crippen MR) is 57.8 cm³/mol. The van der Waals surface area contributed by atoms with Crippen molar-refractivity contribution in [3.05, 3.63) is 35.4 Å². The van der Waals surface area contributed by atoms with Crippen LogP contribution in [-0.4, -0.2) is 13.1 Å². The number of carbonyl (C=O) groups excluding carboxylic acids is 1. The van der Waals surface area contributed by atoms with E-state index in [9.17, 15) is 4.79 Å². The molecule has 0 unspecified atom stereocenters. The highest BCUT2D eigenvalue weighted by Gasteiger charge is 1.94. The zero-order valence-corrected chi connectivity index (χ0v) is 8.62. The Morgan fingerprint density at radius 1 is 1.53 bits per heavy atom. The minimum Gasteiger partial charge on any atom is -0.468 e. The number of nitrogens with two attached hydrogens (primary N) is 1. The van der Waals surface area contributed by atoms with E-state index in [1.165, 1.54) is 7.11 Å². The molecule has 0 radical (unpaired) electrons. The Labute approximate surface area is 89.2 Å². The number of esters is 1. The first kappa shape index (κ1) is 11.3. The fourth-order valence-corrected chi connectivity index (χ4v) is 1.07. The van der Waals surface area contributed by atoms with Crippen molar-refractivity contribution in [2.24, 2.45) is 5.73 Å². The zero-order valence-electron chi connectivity index (χ0n) is 8.62. The van der Waals surface area contributed by atoms with Crippen LogP contribution in [0.15, 0.2) is 24.3 Å². The van der Waals surface area contributed by atoms with Crippen LogP contribution in [-0.2, 0) is 16.1 Å². The van der Waals surface area contributed by atoms with Gasteiger partial charge in [0.25, 0.3) is 0 Å². The normalized spacial score (nSPS) is 8.93. The molecule has 0 amide bonds. The van der Waals surface area contributed by atoms with Crippen molar-refractivity contribution in [2.45, 2.75) is 13.0 Å². The van der Waals surface area contributed by atoms with Crippen molar-refractivity contribution in [1.29, 1.82) is 0 Å². The quantitative estimate of drug-likeness (QED) is 0.577. The van der Waals surface area contributed by atoms with E-state index in [0.29, 0.717) is 6.54 Å². The summed E-state index contributed by atoms with van der Waals surface area (Å²) in [7, 11) is 1.35. The maximum atomic E-state index is 10.8. The van der Waals surface area contributed by atoms with Crippen LogP contribution in [0.4, 0.5) is 0 Å². The highest BCUT2D eigenvalue weighted by atomic mass is 16.5. The van der Waals surface area contributed by atoms with Gasteiger partial charge in [-0.05, 0) is 17.7 Å². The van der Waals surface area contributed by atoms with Gasteiger partial charge in [0.15, 0.2) is 0 Å². The van der Waals surface area contributed by atoms with Crippen molar-refractivity contribution in [3.63, 3.8) is 0 Å². The first-order valence-electron chi connectivity index (χ1n) is 4.61. The van der Waals surface area contributed by atoms with E-state index in [1.807, 2.05) is 24.3 Å². The van der Waals surface area contributed by atoms with Crippen molar-refractivity contribution < 1.29 is 9.53 Å². The number of benzene rings is 1. The van der Waals surface area contributed by atoms with Crippen molar-refractivity contribution in [2.75, 3.05) is 7.11 Å². The monoisotopic (exact) mass is 203 g/mol. The Balaban J connectivity index is 2.67. The lowest BCUT2D eigenvalue weighted by atomic mass is 10.1. The molecule has 0 saturated carbocycles. The summed E-state index contributed by atoms with van der Waals surface area (Å²) in [6, 6.07) is 7.61. The summed E-state index contributed by atoms with van der Waals surface area (Å²) in [4.78, 5) is 10.8. The number of methoxy groups -OCH3 is 1. The lowest BCUT2D eigenvalue weighted by molar-refractivity contribution is -0.139. The van der Waals surface area contributed by atoms with Gasteiger partial charge in [0, 0.05) is 12.1 Å². The van der Waals surface area contributed by atoms with Gasteiger partial charge in [-0.25, -0.2) is 0 Å². The highest BCUT2D eigenvalue weighted by Crippen LogP contribution is 2.02. The third-order valence-electron chi connectivity index (χ3n) is 1.86. The summed E-state index contributed by atoms with van der Waals surface area (Å²) < 4.78 is 4.47. The number of hydrogen-bond donors (Lipinski definition) is 1. The first-order valence-corrected chi connectivity index (χ1v) is 4.61. The fourth-order valence-electron chi connectivity index (χ4n) is 1.07. The average Bonchev–Trinajstić information content (AvgIpc) is 2.29. The summed E-state index contributed by atoms with van der Waals surface area (Å²) in [5.74, 6) is 5.29. The lowest BCUT2D eigenvalue weighted by Gasteiger charge is -1.96. The Morgan fingerprint density at radius 3 is 3.00 bits per heavy atom. The Kier molecular flexibility index (Phi) is 4.39. The summed E-state index contributed by atoms with van der Waals surface area (Å²) in [6.45, 7) is 0.493. The second-order valence-corrected chi connectivity index (χ2v) is 2.96. The molecule has 1 aromatic rings. The van der Waals surface area contributed by atoms with Gasteiger partial charge in [-0.2, -0.15) is 0 Å². The Bertz CT molecular complexity index is 402. The predicted octanol–water partition coefficient (Wildman–Crippen LogP) is 1.06. The molecule has 0 saturated heterocycles. The number of carbonyl (C=O) groups is 1. The van der Waals surface area contributed by atoms with Gasteiger partial charge in [-0.15, -0.1) is 0 Å². The van der Waals surface area contributed by atoms with Crippen molar-refractivity contribution in [3.8, 4) is 11.8 Å². The number of rotatable bonds is 2. The zero-order chi connectivity index (χ0) is 11.1. The van der Waals surface area contributed by atoms with Gasteiger partial charge in [0.1, 0.15) is 6.42 Å². The van der Waals surface area contributed by atoms with Crippen LogP contribution < -0.4 is 5.73 Å². The Morgan fingerprint density at radius 2 is 2.33 bits per heavy atom. The smallest absolute Gasteiger partial charge is 0.317 e. The molecule has 0 aromatic heterocycles. The molecule has 1 aromatic carbocycles. The van der Waals surface area contributed by atoms with Gasteiger partial charge in [0.05, 0.1) is 7.11 Å². The molecule has 1 rings (SSSR count). The third-order valence-corrected chi connectivity index (χ3v) is 1.86. The van der Waals surface area contributed by atoms with Crippen molar-refractivity contribution >= 4 is 5.97 Å². The van der Waals surface area contributed by atoms with Gasteiger partial charge in [-0.1, -0.05) is 24.0 Å². The van der Waals surface area contributed by atoms with Gasteiger partial charge in [0.2, 0.25) is 0 Å². The molecule has 0 atom stereocenters. The lowest BCUT2D eigenvalue weighted by Crippen LogP contribution is -1.97. The van der Waals surface area contributed by atoms with Crippen LogP contribution >= 0.6 is 0 Å². The second-order valence-electron chi connectivity index (χ2n) is 2.96. The molecule has 0 heterocycles. The van der Waals surface area contributed by atoms with E-state index in [2.05, 4.69) is 16.6 Å². The summed E-state index contributed by atoms with van der Waals surface area (Å²) in [5, 5.41) is 0. The Hall–Kier alpha value is -1.79. The molecule has 0 aliphatic rings. The second kappa shape index (κ2) is 5.84. The molecule has 2 N–H and O–H groups in total. The maximum absolute atomic E-state index is 10.8. The third kappa shape index (κ3) is 3.84. The first-order chi connectivity index (χ1) is 7.26. The molecular formula is C12H13NO2. The van der Waals surface area contributed by atoms with Crippen molar-refractivity contribution in [1.82, 2.24) is 0 Å². The summed E-state index contributed by atoms with van der Waals surface area (Å²) >= 11 is 0. The molecule has 78 valence electrons. The van der Waals surface area contributed by atoms with Crippen LogP contribution in [0.3, 0.4) is 0 Å². The van der Waals surface area contributed by atoms with E-state index < -0.39 is 0 Å². The van der Waals surface area contributed by atoms with Crippen LogP contribution in [0.2, 0.25) is 0 Å². The standard InChI is InChI=1S/C12H13NO2/c1-15-12(14)7-3-5-10-4-2-6-11(8-10)9-13/h2,4,6,8H,7,9,13H2,1H3. The SMILES string of the molecule is COC(=O)CC#Cc1cccc(CN)c1. The van der Waals surface area contributed by atoms with Crippen LogP contribution in [0.1, 0.15) is 17.5 Å². The molecular weight excluding hydrogens is 190 g/mol. The highest BCUT2D eigenvalue weighted by molar-refractivity contribution is 5.72. The fraction of sp³-hybridized carbons (Fsp3) is 0.250. The largest absolute Gasteiger partial charge is 0.468 e. The molecule has 0 fully saturated rings. The van der Waals surface area contributed by atoms with Crippen LogP contribution in [0.25, 0.3) is 0 Å².